The molecule has 24 heavy (non-hydrogen) atoms. The van der Waals surface area contributed by atoms with Crippen molar-refractivity contribution in [2.75, 3.05) is 27.2 Å². The molecule has 2 amide bonds. The average Bonchev–Trinajstić information content (AvgIpc) is 2.33. The van der Waals surface area contributed by atoms with E-state index >= 15 is 0 Å². The van der Waals surface area contributed by atoms with Gasteiger partial charge in [-0.05, 0) is 19.5 Å². The lowest BCUT2D eigenvalue weighted by Crippen LogP contribution is -2.50. The van der Waals surface area contributed by atoms with E-state index in [0.29, 0.717) is 19.5 Å². The number of nitrogens with zero attached hydrogens (tertiary/aromatic N) is 1. The summed E-state index contributed by atoms with van der Waals surface area (Å²) in [7, 11) is 3.83. The highest BCUT2D eigenvalue weighted by Gasteiger charge is 2.30. The van der Waals surface area contributed by atoms with Crippen LogP contribution in [0.15, 0.2) is 0 Å². The van der Waals surface area contributed by atoms with Crippen LogP contribution < -0.4 is 10.6 Å². The van der Waals surface area contributed by atoms with Crippen LogP contribution >= 0.6 is 0 Å². The maximum absolute atomic E-state index is 12.4. The summed E-state index contributed by atoms with van der Waals surface area (Å²) < 4.78 is 0. The van der Waals surface area contributed by atoms with Crippen molar-refractivity contribution in [1.82, 2.24) is 15.5 Å². The van der Waals surface area contributed by atoms with Crippen LogP contribution in [0.5, 0.6) is 0 Å². The van der Waals surface area contributed by atoms with Crippen molar-refractivity contribution in [3.05, 3.63) is 0 Å². The molecule has 0 fully saturated rings. The summed E-state index contributed by atoms with van der Waals surface area (Å²) in [5.74, 6) is -0.569. The van der Waals surface area contributed by atoms with Crippen LogP contribution in [0, 0.1) is 10.8 Å². The summed E-state index contributed by atoms with van der Waals surface area (Å²) in [5, 5.41) is 5.52. The Labute approximate surface area is 146 Å². The van der Waals surface area contributed by atoms with Crippen molar-refractivity contribution in [2.24, 2.45) is 10.8 Å². The zero-order valence-electron chi connectivity index (χ0n) is 16.6. The highest BCUT2D eigenvalue weighted by atomic mass is 16.2. The van der Waals surface area contributed by atoms with Gasteiger partial charge >= 0.3 is 0 Å². The molecule has 0 rings (SSSR count). The number of amides is 2. The maximum Gasteiger partial charge on any atom is 0.243 e. The minimum Gasteiger partial charge on any atom is -0.353 e. The van der Waals surface area contributed by atoms with Gasteiger partial charge in [0, 0.05) is 31.3 Å². The Hall–Kier alpha value is -1.43. The second-order valence-corrected chi connectivity index (χ2v) is 8.83. The molecule has 140 valence electrons. The maximum atomic E-state index is 12.4. The van der Waals surface area contributed by atoms with Gasteiger partial charge in [-0.2, -0.15) is 0 Å². The Morgan fingerprint density at radius 2 is 1.54 bits per heavy atom. The third-order valence-electron chi connectivity index (χ3n) is 3.43. The number of hydrogen-bond acceptors (Lipinski definition) is 4. The fraction of sp³-hybridized carbons (Fsp3) is 0.833. The molecule has 0 aromatic heterocycles. The standard InChI is InChI=1S/C18H35N3O3/c1-17(2,3)12-15(23)20-13(11-14(22)18(4,5)6)16(24)19-9-10-21(7)8/h13H,9-12H2,1-8H3,(H,19,24)(H,20,23). The Balaban J connectivity index is 4.91. The van der Waals surface area contributed by atoms with Gasteiger partial charge in [0.15, 0.2) is 0 Å². The molecule has 0 bridgehead atoms. The summed E-state index contributed by atoms with van der Waals surface area (Å²) in [5.41, 5.74) is -0.721. The van der Waals surface area contributed by atoms with Gasteiger partial charge in [0.2, 0.25) is 11.8 Å². The minimum atomic E-state index is -0.825. The summed E-state index contributed by atoms with van der Waals surface area (Å²) in [6.07, 6.45) is 0.311. The number of carbonyl (C=O) groups is 3. The van der Waals surface area contributed by atoms with Gasteiger partial charge in [0.1, 0.15) is 11.8 Å². The van der Waals surface area contributed by atoms with Gasteiger partial charge in [-0.1, -0.05) is 41.5 Å². The normalized spacial score (nSPS) is 13.5. The highest BCUT2D eigenvalue weighted by molar-refractivity contribution is 5.94. The lowest BCUT2D eigenvalue weighted by atomic mass is 9.86. The predicted octanol–water partition coefficient (Wildman–Crippen LogP) is 1.59. The van der Waals surface area contributed by atoms with E-state index in [1.165, 1.54) is 0 Å². The van der Waals surface area contributed by atoms with Crippen molar-refractivity contribution in [3.63, 3.8) is 0 Å². The topological polar surface area (TPSA) is 78.5 Å². The lowest BCUT2D eigenvalue weighted by molar-refractivity contribution is -0.134. The molecule has 1 atom stereocenters. The number of ketones is 1. The van der Waals surface area contributed by atoms with Crippen LogP contribution in [-0.2, 0) is 14.4 Å². The van der Waals surface area contributed by atoms with E-state index < -0.39 is 11.5 Å². The molecule has 0 aliphatic rings. The molecule has 6 heteroatoms. The first-order valence-corrected chi connectivity index (χ1v) is 8.47. The molecule has 0 aromatic carbocycles. The second-order valence-electron chi connectivity index (χ2n) is 8.83. The molecular weight excluding hydrogens is 306 g/mol. The zero-order valence-corrected chi connectivity index (χ0v) is 16.6. The highest BCUT2D eigenvalue weighted by Crippen LogP contribution is 2.20. The molecule has 0 saturated carbocycles. The summed E-state index contributed by atoms with van der Waals surface area (Å²) in [6, 6.07) is -0.825. The number of nitrogens with one attached hydrogen (secondary N) is 2. The van der Waals surface area contributed by atoms with Crippen LogP contribution in [0.1, 0.15) is 54.4 Å². The van der Waals surface area contributed by atoms with Crippen molar-refractivity contribution < 1.29 is 14.4 Å². The van der Waals surface area contributed by atoms with Crippen LogP contribution in [0.2, 0.25) is 0 Å². The molecule has 2 N–H and O–H groups in total. The Morgan fingerprint density at radius 1 is 1.00 bits per heavy atom. The molecule has 0 radical (unpaired) electrons. The molecule has 0 heterocycles. The lowest BCUT2D eigenvalue weighted by Gasteiger charge is -2.24. The summed E-state index contributed by atoms with van der Waals surface area (Å²) in [6.45, 7) is 12.5. The molecule has 0 aromatic rings. The first-order valence-electron chi connectivity index (χ1n) is 8.47. The van der Waals surface area contributed by atoms with Crippen LogP contribution in [0.4, 0.5) is 0 Å². The van der Waals surface area contributed by atoms with E-state index in [-0.39, 0.29) is 29.4 Å². The van der Waals surface area contributed by atoms with Crippen LogP contribution in [0.25, 0.3) is 0 Å². The number of hydrogen-bond donors (Lipinski definition) is 2. The molecule has 0 spiro atoms. The van der Waals surface area contributed by atoms with E-state index in [1.807, 2.05) is 60.5 Å². The van der Waals surface area contributed by atoms with E-state index in [1.54, 1.807) is 0 Å². The third-order valence-corrected chi connectivity index (χ3v) is 3.43. The Morgan fingerprint density at radius 3 is 1.96 bits per heavy atom. The minimum absolute atomic E-state index is 0.00712. The van der Waals surface area contributed by atoms with Crippen molar-refractivity contribution in [3.8, 4) is 0 Å². The van der Waals surface area contributed by atoms with Crippen molar-refractivity contribution >= 4 is 17.6 Å². The quantitative estimate of drug-likeness (QED) is 0.703. The van der Waals surface area contributed by atoms with Gasteiger partial charge in [0.25, 0.3) is 0 Å². The van der Waals surface area contributed by atoms with E-state index in [0.717, 1.165) is 0 Å². The Kier molecular flexibility index (Phi) is 8.61. The van der Waals surface area contributed by atoms with Gasteiger partial charge in [-0.25, -0.2) is 0 Å². The second kappa shape index (κ2) is 9.16. The first kappa shape index (κ1) is 22.6. The van der Waals surface area contributed by atoms with Gasteiger partial charge < -0.3 is 15.5 Å². The summed E-state index contributed by atoms with van der Waals surface area (Å²) >= 11 is 0. The number of likely N-dealkylation sites (N-methyl/N-ethyl adjacent to an activating group) is 1. The number of carbonyl (C=O) groups excluding carboxylic acids is 3. The number of Topliss-reactive ketones (excluding diaryl/α,β-unsaturated/α-hetero) is 1. The fourth-order valence-electron chi connectivity index (χ4n) is 1.95. The smallest absolute Gasteiger partial charge is 0.243 e. The van der Waals surface area contributed by atoms with E-state index in [4.69, 9.17) is 0 Å². The third kappa shape index (κ3) is 10.4. The summed E-state index contributed by atoms with van der Waals surface area (Å²) in [4.78, 5) is 38.8. The van der Waals surface area contributed by atoms with Gasteiger partial charge in [-0.3, -0.25) is 14.4 Å². The Bertz CT molecular complexity index is 445. The SMILES string of the molecule is CN(C)CCNC(=O)C(CC(=O)C(C)(C)C)NC(=O)CC(C)(C)C. The van der Waals surface area contributed by atoms with Crippen LogP contribution in [-0.4, -0.2) is 55.7 Å². The van der Waals surface area contributed by atoms with Crippen molar-refractivity contribution in [2.45, 2.75) is 60.4 Å². The van der Waals surface area contributed by atoms with Crippen LogP contribution in [0.3, 0.4) is 0 Å². The van der Waals surface area contributed by atoms with Gasteiger partial charge in [-0.15, -0.1) is 0 Å². The molecule has 1 unspecified atom stereocenters. The molecule has 0 saturated heterocycles. The largest absolute Gasteiger partial charge is 0.353 e. The molecule has 0 aliphatic carbocycles. The van der Waals surface area contributed by atoms with Gasteiger partial charge in [0.05, 0.1) is 0 Å². The molecule has 0 aliphatic heterocycles. The zero-order chi connectivity index (χ0) is 19.1. The molecular formula is C18H35N3O3. The predicted molar refractivity (Wildman–Crippen MR) is 96.6 cm³/mol. The fourth-order valence-corrected chi connectivity index (χ4v) is 1.95. The van der Waals surface area contributed by atoms with Crippen molar-refractivity contribution in [1.29, 1.82) is 0 Å². The molecule has 6 nitrogen and oxygen atoms in total. The number of rotatable bonds is 8. The first-order chi connectivity index (χ1) is 10.7. The van der Waals surface area contributed by atoms with E-state index in [2.05, 4.69) is 10.6 Å². The monoisotopic (exact) mass is 341 g/mol. The average molecular weight is 341 g/mol. The van der Waals surface area contributed by atoms with E-state index in [9.17, 15) is 14.4 Å².